The number of ether oxygens (including phenoxy) is 2. The number of hydrogen-bond donors (Lipinski definition) is 1. The molecule has 21 heavy (non-hydrogen) atoms. The predicted molar refractivity (Wildman–Crippen MR) is 92.3 cm³/mol. The van der Waals surface area contributed by atoms with E-state index in [1.54, 1.807) is 7.11 Å². The summed E-state index contributed by atoms with van der Waals surface area (Å²) in [5.41, 5.74) is 1.20. The maximum atomic E-state index is 5.96. The summed E-state index contributed by atoms with van der Waals surface area (Å²) in [4.78, 5) is 0. The molecule has 0 aromatic heterocycles. The van der Waals surface area contributed by atoms with E-state index in [4.69, 9.17) is 9.47 Å². The van der Waals surface area contributed by atoms with E-state index in [1.165, 1.54) is 18.4 Å². The van der Waals surface area contributed by atoms with Gasteiger partial charge in [-0.05, 0) is 58.9 Å². The van der Waals surface area contributed by atoms with Gasteiger partial charge in [0.2, 0.25) is 0 Å². The van der Waals surface area contributed by atoms with Crippen molar-refractivity contribution in [2.45, 2.75) is 46.6 Å². The number of hydrogen-bond acceptors (Lipinski definition) is 3. The van der Waals surface area contributed by atoms with Crippen LogP contribution in [0.2, 0.25) is 0 Å². The van der Waals surface area contributed by atoms with Crippen LogP contribution in [0.4, 0.5) is 0 Å². The van der Waals surface area contributed by atoms with Gasteiger partial charge >= 0.3 is 0 Å². The Kier molecular flexibility index (Phi) is 8.77. The summed E-state index contributed by atoms with van der Waals surface area (Å²) in [6.07, 6.45) is 3.50. The molecular formula is C17H28BrNO2. The molecule has 3 nitrogen and oxygen atoms in total. The van der Waals surface area contributed by atoms with Crippen LogP contribution in [-0.4, -0.2) is 20.3 Å². The summed E-state index contributed by atoms with van der Waals surface area (Å²) in [6.45, 7) is 9.16. The first-order valence-electron chi connectivity index (χ1n) is 7.82. The van der Waals surface area contributed by atoms with Crippen molar-refractivity contribution in [2.75, 3.05) is 20.3 Å². The Balaban J connectivity index is 2.74. The lowest BCUT2D eigenvalue weighted by atomic mass is 10.1. The first kappa shape index (κ1) is 18.3. The van der Waals surface area contributed by atoms with Crippen molar-refractivity contribution in [1.82, 2.24) is 5.32 Å². The first-order valence-corrected chi connectivity index (χ1v) is 8.61. The third-order valence-corrected chi connectivity index (χ3v) is 3.93. The summed E-state index contributed by atoms with van der Waals surface area (Å²) in [5.74, 6) is 2.15. The molecule has 1 rings (SSSR count). The van der Waals surface area contributed by atoms with Crippen molar-refractivity contribution in [3.8, 4) is 11.5 Å². The largest absolute Gasteiger partial charge is 0.493 e. The van der Waals surface area contributed by atoms with Crippen LogP contribution in [0.1, 0.15) is 45.6 Å². The Hall–Kier alpha value is -0.740. The smallest absolute Gasteiger partial charge is 0.175 e. The van der Waals surface area contributed by atoms with Crippen molar-refractivity contribution >= 4 is 15.9 Å². The number of benzene rings is 1. The summed E-state index contributed by atoms with van der Waals surface area (Å²) in [7, 11) is 1.69. The molecule has 120 valence electrons. The fourth-order valence-corrected chi connectivity index (χ4v) is 2.83. The highest BCUT2D eigenvalue weighted by Crippen LogP contribution is 2.37. The topological polar surface area (TPSA) is 30.5 Å². The Morgan fingerprint density at radius 1 is 1.24 bits per heavy atom. The molecule has 0 saturated heterocycles. The van der Waals surface area contributed by atoms with E-state index in [1.807, 2.05) is 6.07 Å². The molecule has 4 heteroatoms. The Morgan fingerprint density at radius 2 is 2.00 bits per heavy atom. The highest BCUT2D eigenvalue weighted by Gasteiger charge is 2.13. The van der Waals surface area contributed by atoms with Gasteiger partial charge in [-0.15, -0.1) is 0 Å². The molecule has 1 aromatic carbocycles. The zero-order valence-electron chi connectivity index (χ0n) is 13.7. The number of halogens is 1. The monoisotopic (exact) mass is 357 g/mol. The number of nitrogens with one attached hydrogen (secondary N) is 1. The third-order valence-electron chi connectivity index (χ3n) is 3.34. The number of rotatable bonds is 10. The maximum absolute atomic E-state index is 5.96. The summed E-state index contributed by atoms with van der Waals surface area (Å²) in [6, 6.07) is 4.15. The lowest BCUT2D eigenvalue weighted by Gasteiger charge is -2.17. The standard InChI is InChI=1S/C17H28BrNO2/c1-5-7-13(3)12-21-17-15(18)9-14(10-16(17)20-4)11-19-8-6-2/h9-10,13,19H,5-8,11-12H2,1-4H3. The molecule has 0 heterocycles. The second kappa shape index (κ2) is 10.1. The average Bonchev–Trinajstić information content (AvgIpc) is 2.46. The second-order valence-corrected chi connectivity index (χ2v) is 6.34. The van der Waals surface area contributed by atoms with E-state index in [0.717, 1.165) is 42.1 Å². The van der Waals surface area contributed by atoms with E-state index in [-0.39, 0.29) is 0 Å². The SMILES string of the molecule is CCCNCc1cc(Br)c(OCC(C)CCC)c(OC)c1. The first-order chi connectivity index (χ1) is 10.1. The van der Waals surface area contributed by atoms with Gasteiger partial charge in [-0.2, -0.15) is 0 Å². The van der Waals surface area contributed by atoms with Crippen molar-refractivity contribution in [1.29, 1.82) is 0 Å². The maximum Gasteiger partial charge on any atom is 0.175 e. The van der Waals surface area contributed by atoms with E-state index >= 15 is 0 Å². The van der Waals surface area contributed by atoms with Gasteiger partial charge in [0.25, 0.3) is 0 Å². The molecule has 0 aliphatic carbocycles. The van der Waals surface area contributed by atoms with Crippen LogP contribution >= 0.6 is 15.9 Å². The van der Waals surface area contributed by atoms with Crippen LogP contribution in [0, 0.1) is 5.92 Å². The summed E-state index contributed by atoms with van der Waals surface area (Å²) >= 11 is 3.60. The molecule has 0 bridgehead atoms. The quantitative estimate of drug-likeness (QED) is 0.611. The highest BCUT2D eigenvalue weighted by atomic mass is 79.9. The molecule has 0 saturated carbocycles. The van der Waals surface area contributed by atoms with Gasteiger partial charge in [0, 0.05) is 6.54 Å². The van der Waals surface area contributed by atoms with Gasteiger partial charge in [0.1, 0.15) is 0 Å². The summed E-state index contributed by atoms with van der Waals surface area (Å²) in [5, 5.41) is 3.40. The molecule has 1 atom stereocenters. The van der Waals surface area contributed by atoms with Crippen LogP contribution in [0.3, 0.4) is 0 Å². The Morgan fingerprint density at radius 3 is 2.62 bits per heavy atom. The Bertz CT molecular complexity index is 423. The van der Waals surface area contributed by atoms with E-state index in [0.29, 0.717) is 5.92 Å². The highest BCUT2D eigenvalue weighted by molar-refractivity contribution is 9.10. The lowest BCUT2D eigenvalue weighted by Crippen LogP contribution is -2.14. The van der Waals surface area contributed by atoms with E-state index in [9.17, 15) is 0 Å². The van der Waals surface area contributed by atoms with Gasteiger partial charge in [-0.25, -0.2) is 0 Å². The molecule has 0 fully saturated rings. The zero-order valence-corrected chi connectivity index (χ0v) is 15.3. The van der Waals surface area contributed by atoms with Crippen LogP contribution < -0.4 is 14.8 Å². The van der Waals surface area contributed by atoms with Gasteiger partial charge < -0.3 is 14.8 Å². The molecule has 0 amide bonds. The zero-order chi connectivity index (χ0) is 15.7. The van der Waals surface area contributed by atoms with Crippen molar-refractivity contribution in [3.63, 3.8) is 0 Å². The molecule has 0 aliphatic heterocycles. The number of methoxy groups -OCH3 is 1. The molecule has 0 spiro atoms. The van der Waals surface area contributed by atoms with E-state index < -0.39 is 0 Å². The minimum Gasteiger partial charge on any atom is -0.493 e. The predicted octanol–water partition coefficient (Wildman–Crippen LogP) is 4.77. The van der Waals surface area contributed by atoms with Gasteiger partial charge in [0.15, 0.2) is 11.5 Å². The van der Waals surface area contributed by atoms with Crippen LogP contribution in [-0.2, 0) is 6.54 Å². The normalized spacial score (nSPS) is 12.2. The van der Waals surface area contributed by atoms with E-state index in [2.05, 4.69) is 48.1 Å². The Labute approximate surface area is 137 Å². The van der Waals surface area contributed by atoms with Crippen molar-refractivity contribution in [2.24, 2.45) is 5.92 Å². The fraction of sp³-hybridized carbons (Fsp3) is 0.647. The minimum absolute atomic E-state index is 0.553. The molecule has 0 radical (unpaired) electrons. The molecular weight excluding hydrogens is 330 g/mol. The molecule has 0 aliphatic rings. The van der Waals surface area contributed by atoms with Crippen LogP contribution in [0.5, 0.6) is 11.5 Å². The van der Waals surface area contributed by atoms with Crippen LogP contribution in [0.15, 0.2) is 16.6 Å². The van der Waals surface area contributed by atoms with Gasteiger partial charge in [-0.1, -0.05) is 27.2 Å². The van der Waals surface area contributed by atoms with Crippen molar-refractivity contribution in [3.05, 3.63) is 22.2 Å². The van der Waals surface area contributed by atoms with Gasteiger partial charge in [-0.3, -0.25) is 0 Å². The molecule has 1 aromatic rings. The third kappa shape index (κ3) is 6.27. The minimum atomic E-state index is 0.553. The fourth-order valence-electron chi connectivity index (χ4n) is 2.23. The molecule has 1 unspecified atom stereocenters. The average molecular weight is 358 g/mol. The second-order valence-electron chi connectivity index (χ2n) is 5.49. The van der Waals surface area contributed by atoms with Crippen LogP contribution in [0.25, 0.3) is 0 Å². The van der Waals surface area contributed by atoms with Crippen molar-refractivity contribution < 1.29 is 9.47 Å². The summed E-state index contributed by atoms with van der Waals surface area (Å²) < 4.78 is 12.4. The lowest BCUT2D eigenvalue weighted by molar-refractivity contribution is 0.239. The van der Waals surface area contributed by atoms with Gasteiger partial charge in [0.05, 0.1) is 18.2 Å². The molecule has 1 N–H and O–H groups in total.